The van der Waals surface area contributed by atoms with Crippen LogP contribution in [-0.4, -0.2) is 48.0 Å². The predicted octanol–water partition coefficient (Wildman–Crippen LogP) is 3.98. The molecule has 0 radical (unpaired) electrons. The summed E-state index contributed by atoms with van der Waals surface area (Å²) in [5.74, 6) is 0.411. The highest BCUT2D eigenvalue weighted by Gasteiger charge is 2.25. The molecule has 0 bridgehead atoms. The molecule has 27 heavy (non-hydrogen) atoms. The molecular formula is C21H24ClFN2O2. The Morgan fingerprint density at radius 3 is 2.59 bits per heavy atom. The first-order chi connectivity index (χ1) is 13.0. The number of hydrogen-bond acceptors (Lipinski definition) is 3. The summed E-state index contributed by atoms with van der Waals surface area (Å²) in [5.41, 5.74) is 0.691. The van der Waals surface area contributed by atoms with E-state index in [1.54, 1.807) is 37.3 Å². The second-order valence-corrected chi connectivity index (χ2v) is 7.20. The van der Waals surface area contributed by atoms with E-state index in [1.165, 1.54) is 6.07 Å². The van der Waals surface area contributed by atoms with Crippen molar-refractivity contribution < 1.29 is 13.9 Å². The molecule has 144 valence electrons. The van der Waals surface area contributed by atoms with Crippen molar-refractivity contribution in [3.8, 4) is 5.75 Å². The third-order valence-corrected chi connectivity index (χ3v) is 4.98. The van der Waals surface area contributed by atoms with Crippen LogP contribution < -0.4 is 4.74 Å². The summed E-state index contributed by atoms with van der Waals surface area (Å²) in [4.78, 5) is 16.8. The molecule has 1 fully saturated rings. The van der Waals surface area contributed by atoms with E-state index in [1.807, 2.05) is 17.0 Å². The number of benzene rings is 2. The molecule has 1 aliphatic rings. The first-order valence-corrected chi connectivity index (χ1v) is 9.57. The highest BCUT2D eigenvalue weighted by atomic mass is 35.5. The fourth-order valence-electron chi connectivity index (χ4n) is 3.24. The molecule has 0 spiro atoms. The number of rotatable bonds is 5. The lowest BCUT2D eigenvalue weighted by Gasteiger charge is -2.25. The smallest absolute Gasteiger partial charge is 0.263 e. The molecule has 1 aliphatic heterocycles. The number of ether oxygens (including phenoxy) is 1. The molecule has 2 aromatic rings. The monoisotopic (exact) mass is 390 g/mol. The minimum atomic E-state index is -0.565. The van der Waals surface area contributed by atoms with Gasteiger partial charge in [0.2, 0.25) is 0 Å². The van der Waals surface area contributed by atoms with Crippen LogP contribution in [0, 0.1) is 5.82 Å². The molecule has 3 rings (SSSR count). The third-order valence-electron chi connectivity index (χ3n) is 4.73. The molecule has 0 aromatic heterocycles. The van der Waals surface area contributed by atoms with Gasteiger partial charge in [-0.15, -0.1) is 0 Å². The van der Waals surface area contributed by atoms with Gasteiger partial charge in [-0.3, -0.25) is 9.69 Å². The Morgan fingerprint density at radius 1 is 1.11 bits per heavy atom. The van der Waals surface area contributed by atoms with E-state index in [-0.39, 0.29) is 11.7 Å². The minimum absolute atomic E-state index is 0.0299. The average molecular weight is 391 g/mol. The van der Waals surface area contributed by atoms with Gasteiger partial charge in [-0.05, 0) is 43.7 Å². The lowest BCUT2D eigenvalue weighted by molar-refractivity contribution is -0.137. The highest BCUT2D eigenvalue weighted by molar-refractivity contribution is 6.30. The van der Waals surface area contributed by atoms with Gasteiger partial charge in [-0.25, -0.2) is 4.39 Å². The van der Waals surface area contributed by atoms with Crippen molar-refractivity contribution in [3.63, 3.8) is 0 Å². The summed E-state index contributed by atoms with van der Waals surface area (Å²) in [5, 5.41) is 0.629. The van der Waals surface area contributed by atoms with Crippen LogP contribution in [-0.2, 0) is 11.3 Å². The van der Waals surface area contributed by atoms with Crippen LogP contribution in [0.1, 0.15) is 18.9 Å². The fraction of sp³-hybridized carbons (Fsp3) is 0.381. The number of amides is 1. The number of carbonyl (C=O) groups excluding carboxylic acids is 1. The lowest BCUT2D eigenvalue weighted by Crippen LogP contribution is -2.42. The Hall–Kier alpha value is -2.11. The van der Waals surface area contributed by atoms with Crippen LogP contribution in [0.25, 0.3) is 0 Å². The average Bonchev–Trinajstić information content (AvgIpc) is 2.90. The van der Waals surface area contributed by atoms with Gasteiger partial charge in [0.1, 0.15) is 11.6 Å². The molecule has 2 aromatic carbocycles. The summed E-state index contributed by atoms with van der Waals surface area (Å²) in [7, 11) is 0. The van der Waals surface area contributed by atoms with Crippen LogP contribution in [0.15, 0.2) is 48.5 Å². The molecule has 1 heterocycles. The van der Waals surface area contributed by atoms with Crippen molar-refractivity contribution in [2.45, 2.75) is 26.0 Å². The number of hydrogen-bond donors (Lipinski definition) is 0. The summed E-state index contributed by atoms with van der Waals surface area (Å²) in [6.45, 7) is 5.17. The molecule has 1 saturated heterocycles. The van der Waals surface area contributed by atoms with E-state index in [2.05, 4.69) is 4.90 Å². The maximum absolute atomic E-state index is 13.9. The second kappa shape index (κ2) is 9.20. The van der Waals surface area contributed by atoms with Crippen molar-refractivity contribution in [2.75, 3.05) is 26.2 Å². The van der Waals surface area contributed by atoms with E-state index in [4.69, 9.17) is 16.3 Å². The van der Waals surface area contributed by atoms with Gasteiger partial charge in [-0.1, -0.05) is 29.8 Å². The van der Waals surface area contributed by atoms with Crippen LogP contribution in [0.3, 0.4) is 0 Å². The zero-order valence-corrected chi connectivity index (χ0v) is 16.2. The first kappa shape index (κ1) is 19.6. The molecule has 1 amide bonds. The quantitative estimate of drug-likeness (QED) is 0.774. The van der Waals surface area contributed by atoms with E-state index in [0.717, 1.165) is 13.0 Å². The number of nitrogens with zero attached hydrogens (tertiary/aromatic N) is 2. The van der Waals surface area contributed by atoms with Crippen LogP contribution in [0.4, 0.5) is 4.39 Å². The Kier molecular flexibility index (Phi) is 6.69. The lowest BCUT2D eigenvalue weighted by atomic mass is 10.2. The number of carbonyl (C=O) groups is 1. The van der Waals surface area contributed by atoms with E-state index in [9.17, 15) is 9.18 Å². The zero-order valence-electron chi connectivity index (χ0n) is 15.4. The second-order valence-electron chi connectivity index (χ2n) is 6.76. The summed E-state index contributed by atoms with van der Waals surface area (Å²) >= 11 is 5.87. The van der Waals surface area contributed by atoms with E-state index in [0.29, 0.717) is 42.5 Å². The van der Waals surface area contributed by atoms with Gasteiger partial charge in [0.05, 0.1) is 0 Å². The van der Waals surface area contributed by atoms with Crippen LogP contribution >= 0.6 is 11.6 Å². The Labute approximate surface area is 164 Å². The van der Waals surface area contributed by atoms with Crippen molar-refractivity contribution in [1.29, 1.82) is 0 Å². The summed E-state index contributed by atoms with van der Waals surface area (Å²) in [6.07, 6.45) is 0.290. The summed E-state index contributed by atoms with van der Waals surface area (Å²) < 4.78 is 19.6. The van der Waals surface area contributed by atoms with Crippen molar-refractivity contribution in [3.05, 3.63) is 64.9 Å². The SMILES string of the molecule is CC(Oc1ccc(Cl)cc1)C(=O)N1CCCN(Cc2ccccc2F)CC1. The Bertz CT molecular complexity index is 769. The fourth-order valence-corrected chi connectivity index (χ4v) is 3.37. The van der Waals surface area contributed by atoms with E-state index < -0.39 is 6.10 Å². The zero-order chi connectivity index (χ0) is 19.2. The molecule has 6 heteroatoms. The van der Waals surface area contributed by atoms with Crippen molar-refractivity contribution in [1.82, 2.24) is 9.80 Å². The molecule has 0 N–H and O–H groups in total. The number of halogens is 2. The van der Waals surface area contributed by atoms with E-state index >= 15 is 0 Å². The molecule has 0 saturated carbocycles. The van der Waals surface area contributed by atoms with Crippen LogP contribution in [0.2, 0.25) is 5.02 Å². The maximum Gasteiger partial charge on any atom is 0.263 e. The predicted molar refractivity (Wildman–Crippen MR) is 104 cm³/mol. The van der Waals surface area contributed by atoms with Gasteiger partial charge in [0, 0.05) is 43.3 Å². The van der Waals surface area contributed by atoms with Crippen molar-refractivity contribution in [2.24, 2.45) is 0 Å². The molecule has 1 unspecified atom stereocenters. The summed E-state index contributed by atoms with van der Waals surface area (Å²) in [6, 6.07) is 13.8. The van der Waals surface area contributed by atoms with Gasteiger partial charge in [-0.2, -0.15) is 0 Å². The standard InChI is InChI=1S/C21H24ClFN2O2/c1-16(27-19-9-7-18(22)8-10-19)21(26)25-12-4-11-24(13-14-25)15-17-5-2-3-6-20(17)23/h2-3,5-10,16H,4,11-15H2,1H3. The Balaban J connectivity index is 1.54. The molecule has 4 nitrogen and oxygen atoms in total. The minimum Gasteiger partial charge on any atom is -0.481 e. The molecular weight excluding hydrogens is 367 g/mol. The van der Waals surface area contributed by atoms with Gasteiger partial charge in [0.15, 0.2) is 6.10 Å². The van der Waals surface area contributed by atoms with Crippen molar-refractivity contribution >= 4 is 17.5 Å². The van der Waals surface area contributed by atoms with Gasteiger partial charge in [0.25, 0.3) is 5.91 Å². The highest BCUT2D eigenvalue weighted by Crippen LogP contribution is 2.18. The molecule has 0 aliphatic carbocycles. The third kappa shape index (κ3) is 5.44. The maximum atomic E-state index is 13.9. The first-order valence-electron chi connectivity index (χ1n) is 9.19. The van der Waals surface area contributed by atoms with Gasteiger partial charge >= 0.3 is 0 Å². The normalized spacial score (nSPS) is 16.6. The Morgan fingerprint density at radius 2 is 1.85 bits per heavy atom. The van der Waals surface area contributed by atoms with Crippen LogP contribution in [0.5, 0.6) is 5.75 Å². The largest absolute Gasteiger partial charge is 0.481 e. The molecule has 1 atom stereocenters. The van der Waals surface area contributed by atoms with Gasteiger partial charge < -0.3 is 9.64 Å². The topological polar surface area (TPSA) is 32.8 Å².